The van der Waals surface area contributed by atoms with Crippen LogP contribution >= 0.6 is 21.8 Å². The Labute approximate surface area is 61.9 Å². The van der Waals surface area contributed by atoms with Crippen LogP contribution in [0.5, 0.6) is 0 Å². The molecule has 0 saturated carbocycles. The minimum atomic E-state index is 0.992. The van der Waals surface area contributed by atoms with Crippen molar-refractivity contribution in [1.29, 1.82) is 0 Å². The molecule has 0 aromatic carbocycles. The first kappa shape index (κ1) is 5.70. The van der Waals surface area contributed by atoms with Gasteiger partial charge < -0.3 is 0 Å². The van der Waals surface area contributed by atoms with Crippen LogP contribution in [0, 0.1) is 0 Å². The van der Waals surface area contributed by atoms with Crippen molar-refractivity contribution >= 4 is 21.8 Å². The Morgan fingerprint density at radius 1 is 1.67 bits per heavy atom. The van der Waals surface area contributed by atoms with E-state index in [1.54, 1.807) is 21.8 Å². The largest absolute Gasteiger partial charge is 0.287 e. The zero-order valence-electron chi connectivity index (χ0n) is 4.70. The molecule has 48 valence electrons. The maximum atomic E-state index is 3.15. The van der Waals surface area contributed by atoms with Gasteiger partial charge in [0.1, 0.15) is 0 Å². The lowest BCUT2D eigenvalue weighted by atomic mass is 10.4. The van der Waals surface area contributed by atoms with E-state index in [-0.39, 0.29) is 0 Å². The van der Waals surface area contributed by atoms with Crippen LogP contribution < -0.4 is 4.83 Å². The van der Waals surface area contributed by atoms with Crippen LogP contribution in [-0.4, -0.2) is 11.6 Å². The lowest BCUT2D eigenvalue weighted by Gasteiger charge is -2.16. The highest BCUT2D eigenvalue weighted by Gasteiger charge is 2.17. The van der Waals surface area contributed by atoms with Gasteiger partial charge in [0.05, 0.1) is 11.6 Å². The van der Waals surface area contributed by atoms with Crippen molar-refractivity contribution in [1.82, 2.24) is 9.84 Å². The Balaban J connectivity index is 2.23. The van der Waals surface area contributed by atoms with Crippen molar-refractivity contribution in [2.24, 2.45) is 0 Å². The van der Waals surface area contributed by atoms with Crippen molar-refractivity contribution in [3.8, 4) is 0 Å². The molecule has 2 heterocycles. The molecular formula is C5H6N2S2. The molecule has 0 bridgehead atoms. The van der Waals surface area contributed by atoms with Gasteiger partial charge in [0.25, 0.3) is 0 Å². The molecule has 1 fully saturated rings. The Hall–Kier alpha value is -0.0600. The summed E-state index contributed by atoms with van der Waals surface area (Å²) in [6, 6.07) is 0. The highest BCUT2D eigenvalue weighted by molar-refractivity contribution is 8.77. The van der Waals surface area contributed by atoms with Crippen LogP contribution in [0.25, 0.3) is 0 Å². The topological polar surface area (TPSA) is 15.3 Å². The van der Waals surface area contributed by atoms with E-state index in [4.69, 9.17) is 0 Å². The third kappa shape index (κ3) is 0.976. The zero-order chi connectivity index (χ0) is 6.10. The van der Waals surface area contributed by atoms with Crippen LogP contribution in [0.1, 0.15) is 0 Å². The molecule has 0 aliphatic carbocycles. The Morgan fingerprint density at radius 3 is 3.56 bits per heavy atom. The van der Waals surface area contributed by atoms with Gasteiger partial charge in [0.15, 0.2) is 0 Å². The number of hydrogen-bond acceptors (Lipinski definition) is 4. The van der Waals surface area contributed by atoms with Gasteiger partial charge in [-0.25, -0.2) is 0 Å². The molecule has 1 N–H and O–H groups in total. The fraction of sp³-hybridized carbons (Fsp3) is 0.200. The lowest BCUT2D eigenvalue weighted by molar-refractivity contribution is 0.385. The van der Waals surface area contributed by atoms with E-state index in [1.165, 1.54) is 5.03 Å². The van der Waals surface area contributed by atoms with E-state index < -0.39 is 0 Å². The third-order valence-corrected chi connectivity index (χ3v) is 3.09. The Kier molecular flexibility index (Phi) is 1.45. The standard InChI is InChI=1S/C5H6N2S2/c1-2-4-7-5(3-1)8-9-6-7/h1-3,6H,4H2. The van der Waals surface area contributed by atoms with Crippen molar-refractivity contribution < 1.29 is 0 Å². The molecule has 0 atom stereocenters. The first-order chi connectivity index (χ1) is 4.47. The van der Waals surface area contributed by atoms with E-state index in [9.17, 15) is 0 Å². The average molecular weight is 158 g/mol. The summed E-state index contributed by atoms with van der Waals surface area (Å²) in [5.41, 5.74) is 0. The highest BCUT2D eigenvalue weighted by atomic mass is 33.1. The van der Waals surface area contributed by atoms with Gasteiger partial charge in [-0.1, -0.05) is 12.2 Å². The predicted octanol–water partition coefficient (Wildman–Crippen LogP) is 1.51. The molecule has 0 amide bonds. The van der Waals surface area contributed by atoms with Gasteiger partial charge in [-0.3, -0.25) is 5.01 Å². The number of hydrogen-bond donors (Lipinski definition) is 1. The lowest BCUT2D eigenvalue weighted by Crippen LogP contribution is -2.27. The molecule has 0 radical (unpaired) electrons. The van der Waals surface area contributed by atoms with Crippen LogP contribution in [0.4, 0.5) is 0 Å². The highest BCUT2D eigenvalue weighted by Crippen LogP contribution is 2.37. The molecule has 9 heavy (non-hydrogen) atoms. The van der Waals surface area contributed by atoms with Gasteiger partial charge in [-0.05, 0) is 16.9 Å². The van der Waals surface area contributed by atoms with Gasteiger partial charge in [-0.15, -0.1) is 0 Å². The monoisotopic (exact) mass is 158 g/mol. The maximum Gasteiger partial charge on any atom is 0.0982 e. The average Bonchev–Trinajstić information content (AvgIpc) is 2.33. The minimum Gasteiger partial charge on any atom is -0.287 e. The van der Waals surface area contributed by atoms with E-state index in [1.807, 2.05) is 0 Å². The summed E-state index contributed by atoms with van der Waals surface area (Å²) in [5.74, 6) is 0. The number of fused-ring (bicyclic) bond motifs is 1. The van der Waals surface area contributed by atoms with Gasteiger partial charge in [0.2, 0.25) is 0 Å². The Bertz CT molecular complexity index is 176. The molecule has 0 spiro atoms. The normalized spacial score (nSPS) is 24.0. The van der Waals surface area contributed by atoms with E-state index in [0.717, 1.165) is 6.54 Å². The van der Waals surface area contributed by atoms with Crippen molar-refractivity contribution in [2.45, 2.75) is 0 Å². The first-order valence-corrected chi connectivity index (χ1v) is 4.85. The van der Waals surface area contributed by atoms with Crippen LogP contribution in [0.3, 0.4) is 0 Å². The zero-order valence-corrected chi connectivity index (χ0v) is 6.34. The number of hydrazine groups is 1. The van der Waals surface area contributed by atoms with Gasteiger partial charge >= 0.3 is 0 Å². The van der Waals surface area contributed by atoms with E-state index in [2.05, 4.69) is 28.1 Å². The molecule has 0 aromatic rings. The van der Waals surface area contributed by atoms with E-state index >= 15 is 0 Å². The SMILES string of the molecule is C1=CCN2NSSC2=C1. The number of nitrogens with zero attached hydrogens (tertiary/aromatic N) is 1. The molecule has 2 aliphatic rings. The summed E-state index contributed by atoms with van der Waals surface area (Å²) < 4.78 is 0. The maximum absolute atomic E-state index is 3.15. The molecule has 0 aromatic heterocycles. The molecular weight excluding hydrogens is 152 g/mol. The first-order valence-electron chi connectivity index (χ1n) is 2.70. The molecule has 2 nitrogen and oxygen atoms in total. The Morgan fingerprint density at radius 2 is 2.67 bits per heavy atom. The predicted molar refractivity (Wildman–Crippen MR) is 42.2 cm³/mol. The number of rotatable bonds is 0. The smallest absolute Gasteiger partial charge is 0.0982 e. The summed E-state index contributed by atoms with van der Waals surface area (Å²) >= 11 is 0. The summed E-state index contributed by atoms with van der Waals surface area (Å²) in [6.07, 6.45) is 6.33. The molecule has 0 unspecified atom stereocenters. The molecule has 1 saturated heterocycles. The fourth-order valence-electron chi connectivity index (χ4n) is 0.758. The molecule has 2 aliphatic heterocycles. The van der Waals surface area contributed by atoms with Crippen molar-refractivity contribution in [3.05, 3.63) is 23.3 Å². The fourth-order valence-corrected chi connectivity index (χ4v) is 2.62. The number of nitrogens with one attached hydrogen (secondary N) is 1. The molecule has 2 rings (SSSR count). The van der Waals surface area contributed by atoms with Crippen LogP contribution in [-0.2, 0) is 0 Å². The second-order valence-electron chi connectivity index (χ2n) is 1.80. The van der Waals surface area contributed by atoms with Crippen LogP contribution in [0.15, 0.2) is 23.3 Å². The molecule has 4 heteroatoms. The van der Waals surface area contributed by atoms with E-state index in [0.29, 0.717) is 0 Å². The quantitative estimate of drug-likeness (QED) is 0.424. The number of allylic oxidation sites excluding steroid dienone is 2. The van der Waals surface area contributed by atoms with Crippen molar-refractivity contribution in [2.75, 3.05) is 6.54 Å². The second kappa shape index (κ2) is 2.28. The summed E-state index contributed by atoms with van der Waals surface area (Å²) in [7, 11) is 3.43. The third-order valence-electron chi connectivity index (χ3n) is 1.20. The minimum absolute atomic E-state index is 0.992. The summed E-state index contributed by atoms with van der Waals surface area (Å²) in [4.78, 5) is 3.15. The second-order valence-corrected chi connectivity index (χ2v) is 3.74. The summed E-state index contributed by atoms with van der Waals surface area (Å²) in [5, 5.41) is 3.43. The van der Waals surface area contributed by atoms with Gasteiger partial charge in [0, 0.05) is 11.0 Å². The summed E-state index contributed by atoms with van der Waals surface area (Å²) in [6.45, 7) is 0.992. The van der Waals surface area contributed by atoms with Crippen LogP contribution in [0.2, 0.25) is 0 Å². The van der Waals surface area contributed by atoms with Crippen molar-refractivity contribution in [3.63, 3.8) is 0 Å². The van der Waals surface area contributed by atoms with Gasteiger partial charge in [-0.2, -0.15) is 4.83 Å².